The number of nitrogens with zero attached hydrogens (tertiary/aromatic N) is 3. The molecule has 0 N–H and O–H groups in total. The summed E-state index contributed by atoms with van der Waals surface area (Å²) in [6.45, 7) is 2.15. The third-order valence-electron chi connectivity index (χ3n) is 3.79. The van der Waals surface area contributed by atoms with Crippen LogP contribution in [0.1, 0.15) is 24.9 Å². The molecule has 3 rings (SSSR count). The van der Waals surface area contributed by atoms with Gasteiger partial charge in [-0.15, -0.1) is 0 Å². The molecule has 1 aromatic carbocycles. The number of pyridine rings is 1. The Morgan fingerprint density at radius 1 is 1.22 bits per heavy atom. The second-order valence-corrected chi connectivity index (χ2v) is 5.76. The molecule has 0 saturated carbocycles. The van der Waals surface area contributed by atoms with E-state index >= 15 is 0 Å². The van der Waals surface area contributed by atoms with E-state index in [1.807, 2.05) is 31.7 Å². The molecular formula is C18H18ClN3O. The Balaban J connectivity index is 1.81. The lowest BCUT2D eigenvalue weighted by atomic mass is 9.96. The minimum absolute atomic E-state index is 0.213. The van der Waals surface area contributed by atoms with Gasteiger partial charge in [0, 0.05) is 19.4 Å². The van der Waals surface area contributed by atoms with E-state index in [-0.39, 0.29) is 6.04 Å². The Morgan fingerprint density at radius 2 is 2.00 bits per heavy atom. The zero-order valence-corrected chi connectivity index (χ0v) is 13.9. The highest BCUT2D eigenvalue weighted by Gasteiger charge is 2.21. The zero-order chi connectivity index (χ0) is 16.2. The van der Waals surface area contributed by atoms with Gasteiger partial charge in [-0.25, -0.2) is 9.98 Å². The van der Waals surface area contributed by atoms with Crippen LogP contribution in [0.5, 0.6) is 11.6 Å². The topological polar surface area (TPSA) is 37.7 Å². The van der Waals surface area contributed by atoms with E-state index < -0.39 is 0 Å². The van der Waals surface area contributed by atoms with E-state index in [9.17, 15) is 0 Å². The molecule has 1 aromatic heterocycles. The predicted octanol–water partition coefficient (Wildman–Crippen LogP) is 4.84. The standard InChI is InChI=1S/C18H18ClN3O/c1-3-13-11-20-12-22(2)17(13)14-6-8-15(9-7-14)23-18-16(19)5-4-10-21-18/h4-12,17H,3H2,1-2H3. The Bertz CT molecular complexity index is 740. The molecule has 1 atom stereocenters. The normalized spacial score (nSPS) is 17.1. The lowest BCUT2D eigenvalue weighted by Crippen LogP contribution is -2.26. The van der Waals surface area contributed by atoms with E-state index in [2.05, 4.69) is 33.9 Å². The molecule has 5 heteroatoms. The van der Waals surface area contributed by atoms with Crippen molar-refractivity contribution in [2.75, 3.05) is 7.05 Å². The van der Waals surface area contributed by atoms with E-state index in [0.29, 0.717) is 16.7 Å². The molecule has 0 amide bonds. The fourth-order valence-electron chi connectivity index (χ4n) is 2.64. The molecule has 4 nitrogen and oxygen atoms in total. The number of likely N-dealkylation sites (N-methyl/N-ethyl adjacent to an activating group) is 1. The molecular weight excluding hydrogens is 310 g/mol. The van der Waals surface area contributed by atoms with Gasteiger partial charge in [-0.05, 0) is 41.8 Å². The molecule has 1 aliphatic rings. The predicted molar refractivity (Wildman–Crippen MR) is 93.1 cm³/mol. The Hall–Kier alpha value is -2.33. The number of aliphatic imine (C=N–C) groups is 1. The Labute approximate surface area is 141 Å². The smallest absolute Gasteiger partial charge is 0.238 e. The summed E-state index contributed by atoms with van der Waals surface area (Å²) in [6.07, 6.45) is 6.42. The first-order valence-corrected chi connectivity index (χ1v) is 7.89. The van der Waals surface area contributed by atoms with Crippen molar-refractivity contribution in [3.63, 3.8) is 0 Å². The lowest BCUT2D eigenvalue weighted by molar-refractivity contribution is 0.417. The molecule has 0 spiro atoms. The minimum atomic E-state index is 0.213. The van der Waals surface area contributed by atoms with Crippen LogP contribution < -0.4 is 4.74 Å². The highest BCUT2D eigenvalue weighted by Crippen LogP contribution is 2.33. The van der Waals surface area contributed by atoms with E-state index in [4.69, 9.17) is 16.3 Å². The van der Waals surface area contributed by atoms with Crippen molar-refractivity contribution in [3.05, 3.63) is 65.0 Å². The third-order valence-corrected chi connectivity index (χ3v) is 4.08. The molecule has 118 valence electrons. The second-order valence-electron chi connectivity index (χ2n) is 5.35. The van der Waals surface area contributed by atoms with Crippen molar-refractivity contribution >= 4 is 17.9 Å². The van der Waals surface area contributed by atoms with Crippen LogP contribution in [-0.4, -0.2) is 23.3 Å². The summed E-state index contributed by atoms with van der Waals surface area (Å²) in [5.41, 5.74) is 2.49. The maximum Gasteiger partial charge on any atom is 0.238 e. The van der Waals surface area contributed by atoms with Gasteiger partial charge >= 0.3 is 0 Å². The van der Waals surface area contributed by atoms with E-state index in [0.717, 1.165) is 6.42 Å². The van der Waals surface area contributed by atoms with Gasteiger partial charge in [0.15, 0.2) is 0 Å². The first kappa shape index (κ1) is 15.6. The molecule has 2 heterocycles. The molecule has 1 unspecified atom stereocenters. The highest BCUT2D eigenvalue weighted by molar-refractivity contribution is 6.31. The van der Waals surface area contributed by atoms with Crippen molar-refractivity contribution in [3.8, 4) is 11.6 Å². The summed E-state index contributed by atoms with van der Waals surface area (Å²) >= 11 is 6.07. The Kier molecular flexibility index (Phi) is 4.63. The van der Waals surface area contributed by atoms with Crippen LogP contribution in [0.15, 0.2) is 59.4 Å². The van der Waals surface area contributed by atoms with Gasteiger partial charge in [0.1, 0.15) is 10.8 Å². The van der Waals surface area contributed by atoms with Gasteiger partial charge in [0.2, 0.25) is 5.88 Å². The van der Waals surface area contributed by atoms with Crippen LogP contribution in [-0.2, 0) is 0 Å². The number of ether oxygens (including phenoxy) is 1. The molecule has 0 fully saturated rings. The maximum atomic E-state index is 6.07. The summed E-state index contributed by atoms with van der Waals surface area (Å²) < 4.78 is 5.73. The fraction of sp³-hybridized carbons (Fsp3) is 0.222. The summed E-state index contributed by atoms with van der Waals surface area (Å²) in [4.78, 5) is 10.5. The summed E-state index contributed by atoms with van der Waals surface area (Å²) in [6, 6.07) is 11.8. The van der Waals surface area contributed by atoms with Gasteiger partial charge in [-0.2, -0.15) is 0 Å². The maximum absolute atomic E-state index is 6.07. The van der Waals surface area contributed by atoms with Gasteiger partial charge in [-0.1, -0.05) is 30.7 Å². The van der Waals surface area contributed by atoms with Crippen molar-refractivity contribution in [1.29, 1.82) is 0 Å². The van der Waals surface area contributed by atoms with Gasteiger partial charge < -0.3 is 9.64 Å². The van der Waals surface area contributed by atoms with Gasteiger partial charge in [-0.3, -0.25) is 0 Å². The van der Waals surface area contributed by atoms with Crippen LogP contribution in [0.25, 0.3) is 0 Å². The van der Waals surface area contributed by atoms with Crippen molar-refractivity contribution in [2.24, 2.45) is 4.99 Å². The van der Waals surface area contributed by atoms with Crippen LogP contribution in [0, 0.1) is 0 Å². The molecule has 1 aliphatic heterocycles. The summed E-state index contributed by atoms with van der Waals surface area (Å²) in [5.74, 6) is 1.13. The van der Waals surface area contributed by atoms with Gasteiger partial charge in [0.25, 0.3) is 0 Å². The number of hydrogen-bond donors (Lipinski definition) is 0. The molecule has 0 radical (unpaired) electrons. The SMILES string of the molecule is CCC1=CN=CN(C)C1c1ccc(Oc2ncccc2Cl)cc1. The minimum Gasteiger partial charge on any atom is -0.438 e. The number of rotatable bonds is 4. The van der Waals surface area contributed by atoms with Crippen molar-refractivity contribution < 1.29 is 4.74 Å². The monoisotopic (exact) mass is 327 g/mol. The van der Waals surface area contributed by atoms with Gasteiger partial charge in [0.05, 0.1) is 12.4 Å². The lowest BCUT2D eigenvalue weighted by Gasteiger charge is -2.30. The highest BCUT2D eigenvalue weighted by atomic mass is 35.5. The molecule has 0 bridgehead atoms. The zero-order valence-electron chi connectivity index (χ0n) is 13.1. The summed E-state index contributed by atoms with van der Waals surface area (Å²) in [5, 5.41) is 0.496. The first-order valence-electron chi connectivity index (χ1n) is 7.51. The largest absolute Gasteiger partial charge is 0.438 e. The molecule has 2 aromatic rings. The number of halogens is 1. The first-order chi connectivity index (χ1) is 11.2. The quantitative estimate of drug-likeness (QED) is 0.806. The van der Waals surface area contributed by atoms with Crippen LogP contribution in [0.3, 0.4) is 0 Å². The van der Waals surface area contributed by atoms with Crippen molar-refractivity contribution in [1.82, 2.24) is 9.88 Å². The van der Waals surface area contributed by atoms with Crippen molar-refractivity contribution in [2.45, 2.75) is 19.4 Å². The summed E-state index contributed by atoms with van der Waals surface area (Å²) in [7, 11) is 2.04. The number of hydrogen-bond acceptors (Lipinski definition) is 4. The average molecular weight is 328 g/mol. The average Bonchev–Trinajstić information content (AvgIpc) is 2.57. The number of benzene rings is 1. The van der Waals surface area contributed by atoms with E-state index in [1.54, 1.807) is 18.3 Å². The molecule has 0 saturated heterocycles. The third kappa shape index (κ3) is 3.37. The number of aromatic nitrogens is 1. The molecule has 23 heavy (non-hydrogen) atoms. The molecule has 0 aliphatic carbocycles. The fourth-order valence-corrected chi connectivity index (χ4v) is 2.80. The Morgan fingerprint density at radius 3 is 2.70 bits per heavy atom. The van der Waals surface area contributed by atoms with Crippen LogP contribution in [0.2, 0.25) is 5.02 Å². The van der Waals surface area contributed by atoms with Crippen LogP contribution in [0.4, 0.5) is 0 Å². The van der Waals surface area contributed by atoms with Crippen LogP contribution >= 0.6 is 11.6 Å². The van der Waals surface area contributed by atoms with E-state index in [1.165, 1.54) is 11.1 Å². The second kappa shape index (κ2) is 6.84.